The number of carbonyl (C=O) groups is 1. The Hall–Kier alpha value is -1.49. The lowest BCUT2D eigenvalue weighted by molar-refractivity contribution is -0.123. The lowest BCUT2D eigenvalue weighted by Gasteiger charge is -2.15. The summed E-state index contributed by atoms with van der Waals surface area (Å²) in [5, 5.41) is 13.9. The van der Waals surface area contributed by atoms with Gasteiger partial charge in [0.15, 0.2) is 0 Å². The number of amides is 1. The van der Waals surface area contributed by atoms with Crippen molar-refractivity contribution in [2.75, 3.05) is 6.54 Å². The van der Waals surface area contributed by atoms with Gasteiger partial charge in [-0.1, -0.05) is 12.8 Å². The summed E-state index contributed by atoms with van der Waals surface area (Å²) >= 11 is 0. The van der Waals surface area contributed by atoms with Gasteiger partial charge in [0.05, 0.1) is 18.3 Å². The van der Waals surface area contributed by atoms with Crippen molar-refractivity contribution in [2.45, 2.75) is 38.3 Å². The number of nitrogens with one attached hydrogen (secondary N) is 2. The molecule has 2 rings (SSSR count). The van der Waals surface area contributed by atoms with Gasteiger partial charge in [-0.05, 0) is 31.5 Å². The third-order valence-corrected chi connectivity index (χ3v) is 2.95. The molecule has 0 saturated carbocycles. The van der Waals surface area contributed by atoms with E-state index in [1.807, 2.05) is 12.1 Å². The predicted molar refractivity (Wildman–Crippen MR) is 64.1 cm³/mol. The van der Waals surface area contributed by atoms with Crippen molar-refractivity contribution in [1.29, 1.82) is 0 Å². The highest BCUT2D eigenvalue weighted by atomic mass is 16.2. The molecule has 5 heteroatoms. The van der Waals surface area contributed by atoms with Crippen molar-refractivity contribution in [3.63, 3.8) is 0 Å². The monoisotopic (exact) mass is 234 g/mol. The summed E-state index contributed by atoms with van der Waals surface area (Å²) in [6.45, 7) is 1.38. The minimum Gasteiger partial charge on any atom is -0.349 e. The van der Waals surface area contributed by atoms with E-state index in [4.69, 9.17) is 0 Å². The predicted octanol–water partition coefficient (Wildman–Crippen LogP) is 0.625. The van der Waals surface area contributed by atoms with Crippen molar-refractivity contribution < 1.29 is 4.79 Å². The van der Waals surface area contributed by atoms with Crippen LogP contribution in [0.25, 0.3) is 0 Å². The number of hydrogen-bond donors (Lipinski definition) is 2. The molecule has 1 aliphatic heterocycles. The number of rotatable bonds is 3. The molecule has 0 aliphatic carbocycles. The van der Waals surface area contributed by atoms with Gasteiger partial charge in [-0.25, -0.2) is 0 Å². The van der Waals surface area contributed by atoms with Crippen LogP contribution in [0.1, 0.15) is 31.4 Å². The Bertz CT molecular complexity index is 347. The average molecular weight is 234 g/mol. The van der Waals surface area contributed by atoms with Gasteiger partial charge in [0, 0.05) is 6.20 Å². The highest BCUT2D eigenvalue weighted by Gasteiger charge is 2.18. The van der Waals surface area contributed by atoms with E-state index in [0.717, 1.165) is 31.5 Å². The zero-order chi connectivity index (χ0) is 11.9. The van der Waals surface area contributed by atoms with Gasteiger partial charge < -0.3 is 10.6 Å². The Balaban J connectivity index is 1.80. The minimum absolute atomic E-state index is 0.0471. The fourth-order valence-electron chi connectivity index (χ4n) is 1.98. The summed E-state index contributed by atoms with van der Waals surface area (Å²) < 4.78 is 0. The van der Waals surface area contributed by atoms with Gasteiger partial charge in [0.25, 0.3) is 0 Å². The summed E-state index contributed by atoms with van der Waals surface area (Å²) in [5.74, 6) is 0.0672. The first-order valence-corrected chi connectivity index (χ1v) is 6.14. The van der Waals surface area contributed by atoms with Gasteiger partial charge >= 0.3 is 0 Å². The summed E-state index contributed by atoms with van der Waals surface area (Å²) in [6.07, 6.45) is 6.04. The topological polar surface area (TPSA) is 66.9 Å². The van der Waals surface area contributed by atoms with Gasteiger partial charge in [-0.2, -0.15) is 10.2 Å². The molecule has 0 radical (unpaired) electrons. The van der Waals surface area contributed by atoms with Gasteiger partial charge in [0.2, 0.25) is 5.91 Å². The lowest BCUT2D eigenvalue weighted by Crippen LogP contribution is -2.43. The molecule has 92 valence electrons. The molecule has 1 fully saturated rings. The fraction of sp³-hybridized carbons (Fsp3) is 0.583. The van der Waals surface area contributed by atoms with E-state index in [0.29, 0.717) is 6.54 Å². The molecular formula is C12H18N4O. The molecule has 0 aromatic carbocycles. The standard InChI is InChI=1S/C12H18N4O/c17-12(11-6-2-1-3-7-13-11)14-9-10-5-4-8-15-16-10/h4-5,8,11,13H,1-3,6-7,9H2,(H,14,17). The number of nitrogens with zero attached hydrogens (tertiary/aromatic N) is 2. The summed E-state index contributed by atoms with van der Waals surface area (Å²) in [4.78, 5) is 11.9. The first-order valence-electron chi connectivity index (χ1n) is 6.14. The van der Waals surface area contributed by atoms with Crippen LogP contribution in [-0.4, -0.2) is 28.7 Å². The molecule has 1 atom stereocenters. The Morgan fingerprint density at radius 1 is 1.47 bits per heavy atom. The maximum absolute atomic E-state index is 11.9. The zero-order valence-corrected chi connectivity index (χ0v) is 9.85. The lowest BCUT2D eigenvalue weighted by atomic mass is 10.1. The number of hydrogen-bond acceptors (Lipinski definition) is 4. The molecule has 17 heavy (non-hydrogen) atoms. The SMILES string of the molecule is O=C(NCc1cccnn1)C1CCCCCN1. The molecule has 2 N–H and O–H groups in total. The van der Waals surface area contributed by atoms with Crippen LogP contribution in [0.3, 0.4) is 0 Å². The molecule has 1 unspecified atom stereocenters. The third-order valence-electron chi connectivity index (χ3n) is 2.95. The molecule has 1 aromatic heterocycles. The van der Waals surface area contributed by atoms with Crippen LogP contribution < -0.4 is 10.6 Å². The van der Waals surface area contributed by atoms with Crippen LogP contribution in [0.5, 0.6) is 0 Å². The van der Waals surface area contributed by atoms with Crippen LogP contribution in [0.2, 0.25) is 0 Å². The van der Waals surface area contributed by atoms with Crippen LogP contribution in [0, 0.1) is 0 Å². The second kappa shape index (κ2) is 6.30. The number of carbonyl (C=O) groups excluding carboxylic acids is 1. The molecular weight excluding hydrogens is 216 g/mol. The summed E-state index contributed by atoms with van der Waals surface area (Å²) in [6, 6.07) is 3.63. The smallest absolute Gasteiger partial charge is 0.237 e. The molecule has 1 amide bonds. The van der Waals surface area contributed by atoms with Crippen molar-refractivity contribution >= 4 is 5.91 Å². The average Bonchev–Trinajstić information content (AvgIpc) is 2.66. The highest BCUT2D eigenvalue weighted by Crippen LogP contribution is 2.08. The van der Waals surface area contributed by atoms with Crippen molar-refractivity contribution in [3.05, 3.63) is 24.0 Å². The Labute approximate surface area is 101 Å². The molecule has 0 bridgehead atoms. The van der Waals surface area contributed by atoms with E-state index in [-0.39, 0.29) is 11.9 Å². The van der Waals surface area contributed by atoms with E-state index in [1.165, 1.54) is 6.42 Å². The van der Waals surface area contributed by atoms with E-state index >= 15 is 0 Å². The van der Waals surface area contributed by atoms with E-state index in [9.17, 15) is 4.79 Å². The van der Waals surface area contributed by atoms with Crippen LogP contribution >= 0.6 is 0 Å². The first-order chi connectivity index (χ1) is 8.36. The van der Waals surface area contributed by atoms with Gasteiger partial charge in [0.1, 0.15) is 0 Å². The maximum Gasteiger partial charge on any atom is 0.237 e. The van der Waals surface area contributed by atoms with Crippen LogP contribution in [-0.2, 0) is 11.3 Å². The minimum atomic E-state index is -0.0471. The molecule has 1 aliphatic rings. The fourth-order valence-corrected chi connectivity index (χ4v) is 1.98. The summed E-state index contributed by atoms with van der Waals surface area (Å²) in [5.41, 5.74) is 0.787. The van der Waals surface area contributed by atoms with Gasteiger partial charge in [-0.15, -0.1) is 0 Å². The van der Waals surface area contributed by atoms with Crippen molar-refractivity contribution in [1.82, 2.24) is 20.8 Å². The second-order valence-electron chi connectivity index (χ2n) is 4.29. The number of aromatic nitrogens is 2. The Morgan fingerprint density at radius 3 is 3.24 bits per heavy atom. The third kappa shape index (κ3) is 3.78. The highest BCUT2D eigenvalue weighted by molar-refractivity contribution is 5.81. The van der Waals surface area contributed by atoms with E-state index in [2.05, 4.69) is 20.8 Å². The van der Waals surface area contributed by atoms with Crippen molar-refractivity contribution in [2.24, 2.45) is 0 Å². The zero-order valence-electron chi connectivity index (χ0n) is 9.85. The molecule has 2 heterocycles. The molecule has 1 saturated heterocycles. The normalized spacial score (nSPS) is 20.6. The molecule has 1 aromatic rings. The first kappa shape index (κ1) is 12.0. The second-order valence-corrected chi connectivity index (χ2v) is 4.29. The van der Waals surface area contributed by atoms with Crippen LogP contribution in [0.4, 0.5) is 0 Å². The Morgan fingerprint density at radius 2 is 2.41 bits per heavy atom. The van der Waals surface area contributed by atoms with E-state index in [1.54, 1.807) is 6.20 Å². The molecule has 5 nitrogen and oxygen atoms in total. The quantitative estimate of drug-likeness (QED) is 0.805. The molecule has 0 spiro atoms. The Kier molecular flexibility index (Phi) is 4.44. The van der Waals surface area contributed by atoms with E-state index < -0.39 is 0 Å². The largest absolute Gasteiger partial charge is 0.349 e. The maximum atomic E-state index is 11.9. The van der Waals surface area contributed by atoms with Crippen LogP contribution in [0.15, 0.2) is 18.3 Å². The summed E-state index contributed by atoms with van der Waals surface area (Å²) in [7, 11) is 0. The van der Waals surface area contributed by atoms with Gasteiger partial charge in [-0.3, -0.25) is 4.79 Å². The van der Waals surface area contributed by atoms with Crippen molar-refractivity contribution in [3.8, 4) is 0 Å².